The third-order valence-electron chi connectivity index (χ3n) is 1.61. The quantitative estimate of drug-likeness (QED) is 0.448. The van der Waals surface area contributed by atoms with Crippen LogP contribution in [-0.4, -0.2) is 5.91 Å². The van der Waals surface area contributed by atoms with Crippen LogP contribution >= 0.6 is 22.9 Å². The summed E-state index contributed by atoms with van der Waals surface area (Å²) in [5, 5.41) is 0. The second-order valence-corrected chi connectivity index (χ2v) is 3.22. The highest BCUT2D eigenvalue weighted by Crippen LogP contribution is 2.04. The first-order valence-corrected chi connectivity index (χ1v) is 5.28. The van der Waals surface area contributed by atoms with Crippen molar-refractivity contribution in [3.05, 3.63) is 0 Å². The van der Waals surface area contributed by atoms with E-state index in [0.29, 0.717) is 6.42 Å². The van der Waals surface area contributed by atoms with Crippen molar-refractivity contribution < 1.29 is 4.79 Å². The van der Waals surface area contributed by atoms with Gasteiger partial charge < -0.3 is 0 Å². The van der Waals surface area contributed by atoms with Gasteiger partial charge >= 0.3 is 0 Å². The van der Waals surface area contributed by atoms with Crippen molar-refractivity contribution in [2.24, 2.45) is 0 Å². The highest BCUT2D eigenvalue weighted by atomic mass is 127. The number of carbonyl (C=O) groups is 1. The van der Waals surface area contributed by atoms with Crippen molar-refractivity contribution in [1.82, 2.24) is 3.53 Å². The van der Waals surface area contributed by atoms with Crippen LogP contribution in [0.2, 0.25) is 0 Å². The van der Waals surface area contributed by atoms with Crippen molar-refractivity contribution >= 4 is 28.8 Å². The van der Waals surface area contributed by atoms with Gasteiger partial charge in [0.15, 0.2) is 0 Å². The van der Waals surface area contributed by atoms with Gasteiger partial charge in [-0.15, -0.1) is 0 Å². The number of unbranched alkanes of at least 4 members (excludes halogenated alkanes) is 4. The summed E-state index contributed by atoms with van der Waals surface area (Å²) >= 11 is 1.88. The number of carbonyl (C=O) groups excluding carboxylic acids is 1. The summed E-state index contributed by atoms with van der Waals surface area (Å²) in [6, 6.07) is 0. The number of hydrogen-bond donors (Lipinski definition) is 1. The third kappa shape index (κ3) is 8.10. The highest BCUT2D eigenvalue weighted by Gasteiger charge is 1.96. The molecular formula is C8H16INO. The Morgan fingerprint density at radius 1 is 1.27 bits per heavy atom. The van der Waals surface area contributed by atoms with Gasteiger partial charge in [0.05, 0.1) is 22.9 Å². The first-order chi connectivity index (χ1) is 5.31. The normalized spacial score (nSPS) is 9.64. The maximum atomic E-state index is 10.7. The summed E-state index contributed by atoms with van der Waals surface area (Å²) in [6.07, 6.45) is 6.74. The molecule has 66 valence electrons. The average Bonchev–Trinajstić information content (AvgIpc) is 2.04. The van der Waals surface area contributed by atoms with Gasteiger partial charge in [-0.2, -0.15) is 0 Å². The molecule has 0 rings (SSSR count). The standard InChI is InChI=1S/C8H16INO/c1-2-3-4-5-6-7-8(11)10-9/h2-7H2,1H3,(H,10,11). The van der Waals surface area contributed by atoms with E-state index < -0.39 is 0 Å². The predicted octanol–water partition coefficient (Wildman–Crippen LogP) is 2.81. The lowest BCUT2D eigenvalue weighted by molar-refractivity contribution is -0.118. The van der Waals surface area contributed by atoms with E-state index in [4.69, 9.17) is 0 Å². The smallest absolute Gasteiger partial charge is 0.228 e. The largest absolute Gasteiger partial charge is 0.299 e. The van der Waals surface area contributed by atoms with Crippen LogP contribution in [0.15, 0.2) is 0 Å². The molecule has 0 aromatic heterocycles. The SMILES string of the molecule is CCCCCCCC(=O)NI. The van der Waals surface area contributed by atoms with Crippen LogP contribution in [0, 0.1) is 0 Å². The first-order valence-electron chi connectivity index (χ1n) is 4.20. The molecule has 0 heterocycles. The van der Waals surface area contributed by atoms with Crippen LogP contribution in [0.5, 0.6) is 0 Å². The molecule has 1 amide bonds. The first kappa shape index (κ1) is 11.2. The number of hydrogen-bond acceptors (Lipinski definition) is 1. The maximum absolute atomic E-state index is 10.7. The monoisotopic (exact) mass is 269 g/mol. The third-order valence-corrected chi connectivity index (χ3v) is 2.21. The van der Waals surface area contributed by atoms with Crippen molar-refractivity contribution in [2.45, 2.75) is 45.4 Å². The van der Waals surface area contributed by atoms with Gasteiger partial charge in [-0.25, -0.2) is 0 Å². The molecule has 0 saturated heterocycles. The summed E-state index contributed by atoms with van der Waals surface area (Å²) in [4.78, 5) is 10.7. The molecule has 0 saturated carbocycles. The molecule has 2 nitrogen and oxygen atoms in total. The number of nitrogens with one attached hydrogen (secondary N) is 1. The minimum absolute atomic E-state index is 0.155. The number of halogens is 1. The highest BCUT2D eigenvalue weighted by molar-refractivity contribution is 14.1. The molecule has 0 radical (unpaired) electrons. The lowest BCUT2D eigenvalue weighted by Crippen LogP contribution is -2.10. The Morgan fingerprint density at radius 3 is 2.45 bits per heavy atom. The molecule has 0 spiro atoms. The fourth-order valence-corrected chi connectivity index (χ4v) is 1.21. The second-order valence-electron chi connectivity index (χ2n) is 2.68. The molecular weight excluding hydrogens is 253 g/mol. The molecule has 0 aromatic carbocycles. The van der Waals surface area contributed by atoms with Gasteiger partial charge in [-0.05, 0) is 6.42 Å². The number of amides is 1. The summed E-state index contributed by atoms with van der Waals surface area (Å²) in [5.41, 5.74) is 0. The lowest BCUT2D eigenvalue weighted by atomic mass is 10.1. The summed E-state index contributed by atoms with van der Waals surface area (Å²) in [5.74, 6) is 0.155. The molecule has 0 unspecified atom stereocenters. The van der Waals surface area contributed by atoms with E-state index in [1.807, 2.05) is 22.9 Å². The van der Waals surface area contributed by atoms with Crippen LogP contribution < -0.4 is 3.53 Å². The zero-order chi connectivity index (χ0) is 8.53. The lowest BCUT2D eigenvalue weighted by Gasteiger charge is -1.97. The minimum atomic E-state index is 0.155. The topological polar surface area (TPSA) is 29.1 Å². The van der Waals surface area contributed by atoms with Gasteiger partial charge in [0.2, 0.25) is 5.91 Å². The van der Waals surface area contributed by atoms with E-state index >= 15 is 0 Å². The Bertz CT molecular complexity index is 106. The minimum Gasteiger partial charge on any atom is -0.299 e. The van der Waals surface area contributed by atoms with Crippen LogP contribution in [-0.2, 0) is 4.79 Å². The molecule has 0 fully saturated rings. The molecule has 0 bridgehead atoms. The van der Waals surface area contributed by atoms with Crippen LogP contribution in [0.4, 0.5) is 0 Å². The Labute approximate surface area is 82.6 Å². The molecule has 0 aliphatic heterocycles. The van der Waals surface area contributed by atoms with Crippen molar-refractivity contribution in [2.75, 3.05) is 0 Å². The van der Waals surface area contributed by atoms with Crippen molar-refractivity contribution in [3.63, 3.8) is 0 Å². The molecule has 0 aliphatic rings. The Morgan fingerprint density at radius 2 is 1.91 bits per heavy atom. The van der Waals surface area contributed by atoms with Gasteiger partial charge in [0, 0.05) is 6.42 Å². The van der Waals surface area contributed by atoms with Gasteiger partial charge in [-0.3, -0.25) is 8.32 Å². The molecule has 11 heavy (non-hydrogen) atoms. The fourth-order valence-electron chi connectivity index (χ4n) is 0.936. The van der Waals surface area contributed by atoms with Crippen molar-refractivity contribution in [1.29, 1.82) is 0 Å². The zero-order valence-electron chi connectivity index (χ0n) is 7.03. The fraction of sp³-hybridized carbons (Fsp3) is 0.875. The summed E-state index contributed by atoms with van der Waals surface area (Å²) in [7, 11) is 0. The molecule has 3 heteroatoms. The van der Waals surface area contributed by atoms with Gasteiger partial charge in [0.1, 0.15) is 0 Å². The summed E-state index contributed by atoms with van der Waals surface area (Å²) in [6.45, 7) is 2.19. The summed E-state index contributed by atoms with van der Waals surface area (Å²) < 4.78 is 2.59. The molecule has 0 aliphatic carbocycles. The Balaban J connectivity index is 2.95. The van der Waals surface area contributed by atoms with E-state index in [2.05, 4.69) is 10.5 Å². The van der Waals surface area contributed by atoms with Crippen LogP contribution in [0.3, 0.4) is 0 Å². The van der Waals surface area contributed by atoms with E-state index in [1.54, 1.807) is 0 Å². The molecule has 1 N–H and O–H groups in total. The van der Waals surface area contributed by atoms with E-state index in [-0.39, 0.29) is 5.91 Å². The van der Waals surface area contributed by atoms with Crippen molar-refractivity contribution in [3.8, 4) is 0 Å². The number of rotatable bonds is 6. The van der Waals surface area contributed by atoms with Crippen LogP contribution in [0.25, 0.3) is 0 Å². The van der Waals surface area contributed by atoms with Gasteiger partial charge in [-0.1, -0.05) is 32.6 Å². The Hall–Kier alpha value is 0.200. The average molecular weight is 269 g/mol. The van der Waals surface area contributed by atoms with Crippen LogP contribution in [0.1, 0.15) is 45.4 Å². The predicted molar refractivity (Wildman–Crippen MR) is 55.5 cm³/mol. The second kappa shape index (κ2) is 8.30. The van der Waals surface area contributed by atoms with E-state index in [9.17, 15) is 4.79 Å². The molecule has 0 atom stereocenters. The Kier molecular flexibility index (Phi) is 8.45. The van der Waals surface area contributed by atoms with E-state index in [0.717, 1.165) is 6.42 Å². The molecule has 0 aromatic rings. The zero-order valence-corrected chi connectivity index (χ0v) is 9.19. The maximum Gasteiger partial charge on any atom is 0.228 e. The van der Waals surface area contributed by atoms with Gasteiger partial charge in [0.25, 0.3) is 0 Å². The van der Waals surface area contributed by atoms with E-state index in [1.165, 1.54) is 25.7 Å².